The molecule has 3 aliphatic rings. The molecule has 1 aromatic heterocycles. The molecule has 178 valence electrons. The summed E-state index contributed by atoms with van der Waals surface area (Å²) in [6, 6.07) is 13.8. The van der Waals surface area contributed by atoms with Crippen LogP contribution in [0.4, 0.5) is 0 Å². The van der Waals surface area contributed by atoms with Crippen molar-refractivity contribution in [3.05, 3.63) is 59.5 Å². The van der Waals surface area contributed by atoms with E-state index >= 15 is 0 Å². The molecular formula is C25H33N3O4S. The average molecular weight is 472 g/mol. The van der Waals surface area contributed by atoms with Crippen LogP contribution in [0.15, 0.2) is 46.9 Å². The van der Waals surface area contributed by atoms with Gasteiger partial charge in [-0.3, -0.25) is 9.69 Å². The van der Waals surface area contributed by atoms with Crippen LogP contribution in [0.2, 0.25) is 0 Å². The van der Waals surface area contributed by atoms with Gasteiger partial charge in [0.25, 0.3) is 0 Å². The van der Waals surface area contributed by atoms with Gasteiger partial charge >= 0.3 is 0 Å². The highest BCUT2D eigenvalue weighted by Gasteiger charge is 2.37. The van der Waals surface area contributed by atoms with Crippen LogP contribution in [0.5, 0.6) is 0 Å². The van der Waals surface area contributed by atoms with Gasteiger partial charge in [0.15, 0.2) is 0 Å². The summed E-state index contributed by atoms with van der Waals surface area (Å²) in [7, 11) is -3.38. The standard InChI is InChI=1S/C25H33N3O4S/c1-19-15-23(19)24-10-9-22(32-24)16-27(21-7-8-21)17-25(29)26-11-13-28(14-12-26)33(30,31)18-20-5-3-2-4-6-20/h2-6,9-10,19,21,23H,7-8,11-18H2,1H3/t19-,23+/m1/s1. The largest absolute Gasteiger partial charge is 0.464 e. The van der Waals surface area contributed by atoms with Gasteiger partial charge in [-0.05, 0) is 42.9 Å². The Labute approximate surface area is 196 Å². The maximum atomic E-state index is 13.0. The fourth-order valence-electron chi connectivity index (χ4n) is 4.72. The van der Waals surface area contributed by atoms with E-state index in [9.17, 15) is 13.2 Å². The van der Waals surface area contributed by atoms with Crippen molar-refractivity contribution in [2.24, 2.45) is 5.92 Å². The van der Waals surface area contributed by atoms with Crippen LogP contribution in [0, 0.1) is 5.92 Å². The molecule has 2 heterocycles. The predicted octanol–water partition coefficient (Wildman–Crippen LogP) is 3.04. The summed E-state index contributed by atoms with van der Waals surface area (Å²) in [5.74, 6) is 3.35. The number of furan rings is 1. The number of nitrogens with zero attached hydrogens (tertiary/aromatic N) is 3. The molecule has 2 atom stereocenters. The first-order chi connectivity index (χ1) is 15.9. The van der Waals surface area contributed by atoms with E-state index in [-0.39, 0.29) is 11.7 Å². The van der Waals surface area contributed by atoms with E-state index in [1.165, 1.54) is 10.7 Å². The van der Waals surface area contributed by atoms with Crippen molar-refractivity contribution < 1.29 is 17.6 Å². The molecule has 1 aliphatic heterocycles. The summed E-state index contributed by atoms with van der Waals surface area (Å²) in [6.07, 6.45) is 3.43. The summed E-state index contributed by atoms with van der Waals surface area (Å²) in [4.78, 5) is 17.1. The van der Waals surface area contributed by atoms with E-state index in [0.29, 0.717) is 57.1 Å². The van der Waals surface area contributed by atoms with Crippen molar-refractivity contribution >= 4 is 15.9 Å². The molecule has 0 spiro atoms. The molecule has 2 saturated carbocycles. The van der Waals surface area contributed by atoms with E-state index in [1.54, 1.807) is 0 Å². The average Bonchev–Trinajstić information content (AvgIpc) is 3.73. The maximum Gasteiger partial charge on any atom is 0.236 e. The van der Waals surface area contributed by atoms with Gasteiger partial charge in [-0.2, -0.15) is 4.31 Å². The number of sulfonamides is 1. The van der Waals surface area contributed by atoms with Gasteiger partial charge in [0, 0.05) is 38.1 Å². The first-order valence-electron chi connectivity index (χ1n) is 12.0. The molecule has 5 rings (SSSR count). The van der Waals surface area contributed by atoms with E-state index in [4.69, 9.17) is 4.42 Å². The second-order valence-corrected chi connectivity index (χ2v) is 11.8. The molecule has 1 amide bonds. The Morgan fingerprint density at radius 1 is 1.06 bits per heavy atom. The van der Waals surface area contributed by atoms with Crippen LogP contribution in [0.25, 0.3) is 0 Å². The lowest BCUT2D eigenvalue weighted by atomic mass is 10.2. The monoisotopic (exact) mass is 471 g/mol. The highest BCUT2D eigenvalue weighted by molar-refractivity contribution is 7.88. The summed E-state index contributed by atoms with van der Waals surface area (Å²) >= 11 is 0. The van der Waals surface area contributed by atoms with Crippen molar-refractivity contribution in [1.82, 2.24) is 14.1 Å². The van der Waals surface area contributed by atoms with E-state index < -0.39 is 10.0 Å². The van der Waals surface area contributed by atoms with Crippen molar-refractivity contribution in [1.29, 1.82) is 0 Å². The third-order valence-electron chi connectivity index (χ3n) is 7.09. The first-order valence-corrected chi connectivity index (χ1v) is 13.6. The van der Waals surface area contributed by atoms with Gasteiger partial charge < -0.3 is 9.32 Å². The van der Waals surface area contributed by atoms with Crippen LogP contribution in [0.1, 0.15) is 49.2 Å². The molecule has 2 aliphatic carbocycles. The minimum Gasteiger partial charge on any atom is -0.464 e. The zero-order valence-corrected chi connectivity index (χ0v) is 20.0. The van der Waals surface area contributed by atoms with Gasteiger partial charge in [0.2, 0.25) is 15.9 Å². The van der Waals surface area contributed by atoms with Gasteiger partial charge in [-0.15, -0.1) is 0 Å². The molecule has 0 bridgehead atoms. The second-order valence-electron chi connectivity index (χ2n) is 9.78. The molecular weight excluding hydrogens is 438 g/mol. The van der Waals surface area contributed by atoms with Crippen LogP contribution < -0.4 is 0 Å². The molecule has 33 heavy (non-hydrogen) atoms. The Balaban J connectivity index is 1.13. The summed E-state index contributed by atoms with van der Waals surface area (Å²) in [5.41, 5.74) is 0.785. The molecule has 1 aromatic carbocycles. The predicted molar refractivity (Wildman–Crippen MR) is 126 cm³/mol. The zero-order chi connectivity index (χ0) is 23.0. The first kappa shape index (κ1) is 22.6. The maximum absolute atomic E-state index is 13.0. The summed E-state index contributed by atoms with van der Waals surface area (Å²) in [5, 5.41) is 0. The number of carbonyl (C=O) groups excluding carboxylic acids is 1. The molecule has 3 fully saturated rings. The van der Waals surface area contributed by atoms with Gasteiger partial charge in [0.1, 0.15) is 11.5 Å². The Bertz CT molecular complexity index is 1070. The quantitative estimate of drug-likeness (QED) is 0.562. The van der Waals surface area contributed by atoms with Crippen LogP contribution in [-0.4, -0.2) is 67.2 Å². The number of benzene rings is 1. The SMILES string of the molecule is C[C@@H]1C[C@@H]1c1ccc(CN(CC(=O)N2CCN(S(=O)(=O)Cc3ccccc3)CC2)C2CC2)o1. The van der Waals surface area contributed by atoms with Gasteiger partial charge in [-0.25, -0.2) is 8.42 Å². The van der Waals surface area contributed by atoms with Gasteiger partial charge in [-0.1, -0.05) is 37.3 Å². The number of carbonyl (C=O) groups is 1. The van der Waals surface area contributed by atoms with E-state index in [0.717, 1.165) is 29.9 Å². The van der Waals surface area contributed by atoms with Crippen molar-refractivity contribution in [3.63, 3.8) is 0 Å². The number of hydrogen-bond acceptors (Lipinski definition) is 5. The topological polar surface area (TPSA) is 74.1 Å². The normalized spacial score (nSPS) is 23.8. The number of hydrogen-bond donors (Lipinski definition) is 0. The molecule has 7 nitrogen and oxygen atoms in total. The Hall–Kier alpha value is -2.16. The molecule has 2 aromatic rings. The number of piperazine rings is 1. The lowest BCUT2D eigenvalue weighted by molar-refractivity contribution is -0.134. The Morgan fingerprint density at radius 2 is 1.76 bits per heavy atom. The summed E-state index contributed by atoms with van der Waals surface area (Å²) in [6.45, 7) is 4.84. The summed E-state index contributed by atoms with van der Waals surface area (Å²) < 4.78 is 33.2. The molecule has 0 unspecified atom stereocenters. The molecule has 0 radical (unpaired) electrons. The third-order valence-corrected chi connectivity index (χ3v) is 8.94. The Kier molecular flexibility index (Phi) is 6.33. The molecule has 8 heteroatoms. The van der Waals surface area contributed by atoms with Crippen LogP contribution in [-0.2, 0) is 27.1 Å². The Morgan fingerprint density at radius 3 is 2.39 bits per heavy atom. The fourth-order valence-corrected chi connectivity index (χ4v) is 6.23. The lowest BCUT2D eigenvalue weighted by Gasteiger charge is -2.35. The van der Waals surface area contributed by atoms with Crippen molar-refractivity contribution in [2.75, 3.05) is 32.7 Å². The molecule has 1 saturated heterocycles. The van der Waals surface area contributed by atoms with Crippen molar-refractivity contribution in [3.8, 4) is 0 Å². The van der Waals surface area contributed by atoms with Crippen molar-refractivity contribution in [2.45, 2.75) is 50.4 Å². The second kappa shape index (κ2) is 9.24. The number of rotatable bonds is 9. The van der Waals surface area contributed by atoms with Gasteiger partial charge in [0.05, 0.1) is 18.8 Å². The van der Waals surface area contributed by atoms with E-state index in [2.05, 4.69) is 24.0 Å². The molecule has 0 N–H and O–H groups in total. The minimum absolute atomic E-state index is 0.00200. The lowest BCUT2D eigenvalue weighted by Crippen LogP contribution is -2.52. The third kappa shape index (κ3) is 5.50. The fraction of sp³-hybridized carbons (Fsp3) is 0.560. The minimum atomic E-state index is -3.38. The highest BCUT2D eigenvalue weighted by atomic mass is 32.2. The van der Waals surface area contributed by atoms with E-state index in [1.807, 2.05) is 35.2 Å². The van der Waals surface area contributed by atoms with Crippen LogP contribution in [0.3, 0.4) is 0 Å². The smallest absolute Gasteiger partial charge is 0.236 e. The zero-order valence-electron chi connectivity index (χ0n) is 19.2. The van der Waals surface area contributed by atoms with Crippen LogP contribution >= 0.6 is 0 Å². The number of amides is 1. The highest BCUT2D eigenvalue weighted by Crippen LogP contribution is 2.47.